The number of urea groups is 1. The number of carbonyl (C=O) groups is 1. The molecule has 2 aromatic carbocycles. The predicted molar refractivity (Wildman–Crippen MR) is 111 cm³/mol. The second-order valence-corrected chi connectivity index (χ2v) is 7.20. The van der Waals surface area contributed by atoms with E-state index in [0.29, 0.717) is 39.1 Å². The Kier molecular flexibility index (Phi) is 5.74. The van der Waals surface area contributed by atoms with Gasteiger partial charge >= 0.3 is 11.7 Å². The fraction of sp³-hybridized carbons (Fsp3) is 0.318. The number of hydrogen-bond acceptors (Lipinski definition) is 3. The minimum atomic E-state index is -0.116. The van der Waals surface area contributed by atoms with Gasteiger partial charge in [0.15, 0.2) is 0 Å². The van der Waals surface area contributed by atoms with Gasteiger partial charge in [0.25, 0.3) is 0 Å². The molecule has 1 aromatic heterocycles. The summed E-state index contributed by atoms with van der Waals surface area (Å²) in [6.07, 6.45) is 1.37. The van der Waals surface area contributed by atoms with Crippen molar-refractivity contribution in [1.29, 1.82) is 0 Å². The van der Waals surface area contributed by atoms with Gasteiger partial charge in [-0.05, 0) is 17.5 Å². The average Bonchev–Trinajstić information content (AvgIpc) is 2.91. The number of hydrogen-bond donors (Lipinski definition) is 1. The van der Waals surface area contributed by atoms with Gasteiger partial charge in [-0.2, -0.15) is 5.10 Å². The monoisotopic (exact) mass is 391 g/mol. The van der Waals surface area contributed by atoms with E-state index in [1.54, 1.807) is 9.47 Å². The third kappa shape index (κ3) is 4.56. The zero-order chi connectivity index (χ0) is 20.1. The first-order valence-corrected chi connectivity index (χ1v) is 9.98. The van der Waals surface area contributed by atoms with E-state index >= 15 is 0 Å². The molecular weight excluding hydrogens is 366 g/mol. The molecule has 1 N–H and O–H groups in total. The molecule has 0 saturated heterocycles. The molecular formula is C22H25N5O2. The number of carbonyl (C=O) groups excluding carboxylic acids is 1. The zero-order valence-electron chi connectivity index (χ0n) is 16.3. The van der Waals surface area contributed by atoms with E-state index in [9.17, 15) is 9.59 Å². The number of aromatic nitrogens is 3. The molecule has 2 heterocycles. The summed E-state index contributed by atoms with van der Waals surface area (Å²) in [6.45, 7) is 2.58. The predicted octanol–water partition coefficient (Wildman–Crippen LogP) is 1.90. The molecule has 0 atom stereocenters. The van der Waals surface area contributed by atoms with E-state index < -0.39 is 0 Å². The molecule has 0 unspecified atom stereocenters. The van der Waals surface area contributed by atoms with Gasteiger partial charge < -0.3 is 10.2 Å². The minimum Gasteiger partial charge on any atom is -0.338 e. The van der Waals surface area contributed by atoms with Crippen molar-refractivity contribution in [3.8, 4) is 0 Å². The Morgan fingerprint density at radius 2 is 1.62 bits per heavy atom. The number of amides is 2. The van der Waals surface area contributed by atoms with Gasteiger partial charge in [0.1, 0.15) is 5.82 Å². The molecule has 0 fully saturated rings. The van der Waals surface area contributed by atoms with Crippen molar-refractivity contribution in [1.82, 2.24) is 24.6 Å². The van der Waals surface area contributed by atoms with Crippen molar-refractivity contribution in [3.63, 3.8) is 0 Å². The first-order chi connectivity index (χ1) is 14.2. The Labute approximate surface area is 169 Å². The van der Waals surface area contributed by atoms with Crippen LogP contribution in [0.4, 0.5) is 4.79 Å². The standard InChI is InChI=1S/C22H25N5O2/c28-21(23-13-11-18-7-3-1-4-8-18)25-14-12-20-24-27(22(29)26(20)16-15-25)17-19-9-5-2-6-10-19/h1-10H,11-17H2,(H,23,28). The van der Waals surface area contributed by atoms with Gasteiger partial charge in [-0.1, -0.05) is 60.7 Å². The molecule has 0 saturated carbocycles. The van der Waals surface area contributed by atoms with E-state index in [1.165, 1.54) is 10.2 Å². The molecule has 0 bridgehead atoms. The molecule has 4 rings (SSSR count). The van der Waals surface area contributed by atoms with Gasteiger partial charge in [0.2, 0.25) is 0 Å². The molecule has 2 amide bonds. The normalized spacial score (nSPS) is 13.6. The van der Waals surface area contributed by atoms with Crippen LogP contribution in [-0.2, 0) is 25.9 Å². The summed E-state index contributed by atoms with van der Waals surface area (Å²) in [4.78, 5) is 27.0. The number of nitrogens with one attached hydrogen (secondary N) is 1. The average molecular weight is 391 g/mol. The van der Waals surface area contributed by atoms with Gasteiger partial charge in [0.05, 0.1) is 6.54 Å². The summed E-state index contributed by atoms with van der Waals surface area (Å²) < 4.78 is 3.21. The highest BCUT2D eigenvalue weighted by atomic mass is 16.2. The maximum Gasteiger partial charge on any atom is 0.346 e. The first kappa shape index (κ1) is 19.0. The molecule has 7 heteroatoms. The van der Waals surface area contributed by atoms with Crippen molar-refractivity contribution in [2.24, 2.45) is 0 Å². The molecule has 3 aromatic rings. The summed E-state index contributed by atoms with van der Waals surface area (Å²) in [6, 6.07) is 19.8. The summed E-state index contributed by atoms with van der Waals surface area (Å²) in [5, 5.41) is 7.49. The Balaban J connectivity index is 1.33. The SMILES string of the molecule is O=C(NCCc1ccccc1)N1CCc2nn(Cc3ccccc3)c(=O)n2CC1. The van der Waals surface area contributed by atoms with Crippen LogP contribution < -0.4 is 11.0 Å². The van der Waals surface area contributed by atoms with E-state index in [1.807, 2.05) is 48.5 Å². The Bertz CT molecular complexity index is 1010. The van der Waals surface area contributed by atoms with E-state index in [2.05, 4.69) is 22.5 Å². The number of benzene rings is 2. The van der Waals surface area contributed by atoms with Crippen LogP contribution in [0.1, 0.15) is 17.0 Å². The van der Waals surface area contributed by atoms with Gasteiger partial charge in [0, 0.05) is 32.6 Å². The molecule has 150 valence electrons. The minimum absolute atomic E-state index is 0.0868. The highest BCUT2D eigenvalue weighted by Gasteiger charge is 2.22. The van der Waals surface area contributed by atoms with Gasteiger partial charge in [-0.3, -0.25) is 4.57 Å². The highest BCUT2D eigenvalue weighted by Crippen LogP contribution is 2.07. The highest BCUT2D eigenvalue weighted by molar-refractivity contribution is 5.74. The lowest BCUT2D eigenvalue weighted by Gasteiger charge is -2.20. The number of fused-ring (bicyclic) bond motifs is 1. The third-order valence-electron chi connectivity index (χ3n) is 5.19. The second-order valence-electron chi connectivity index (χ2n) is 7.20. The Morgan fingerprint density at radius 3 is 2.34 bits per heavy atom. The first-order valence-electron chi connectivity index (χ1n) is 9.98. The van der Waals surface area contributed by atoms with Gasteiger partial charge in [-0.15, -0.1) is 0 Å². The van der Waals surface area contributed by atoms with Gasteiger partial charge in [-0.25, -0.2) is 14.3 Å². The Hall–Kier alpha value is -3.35. The molecule has 0 spiro atoms. The maximum absolute atomic E-state index is 12.7. The van der Waals surface area contributed by atoms with Crippen molar-refractivity contribution in [3.05, 3.63) is 88.1 Å². The smallest absolute Gasteiger partial charge is 0.338 e. The van der Waals surface area contributed by atoms with Crippen LogP contribution in [-0.4, -0.2) is 44.9 Å². The quantitative estimate of drug-likeness (QED) is 0.722. The van der Waals surface area contributed by atoms with Crippen LogP contribution in [0.3, 0.4) is 0 Å². The lowest BCUT2D eigenvalue weighted by atomic mass is 10.1. The third-order valence-corrected chi connectivity index (χ3v) is 5.19. The molecule has 0 radical (unpaired) electrons. The van der Waals surface area contributed by atoms with Crippen LogP contribution in [0.2, 0.25) is 0 Å². The zero-order valence-corrected chi connectivity index (χ0v) is 16.3. The maximum atomic E-state index is 12.7. The topological polar surface area (TPSA) is 72.2 Å². The van der Waals surface area contributed by atoms with E-state index in [0.717, 1.165) is 17.8 Å². The molecule has 29 heavy (non-hydrogen) atoms. The summed E-state index contributed by atoms with van der Waals surface area (Å²) in [7, 11) is 0. The van der Waals surface area contributed by atoms with Crippen molar-refractivity contribution in [2.45, 2.75) is 25.9 Å². The lowest BCUT2D eigenvalue weighted by molar-refractivity contribution is 0.199. The summed E-state index contributed by atoms with van der Waals surface area (Å²) in [5.41, 5.74) is 2.13. The molecule has 0 aliphatic carbocycles. The Morgan fingerprint density at radius 1 is 0.931 bits per heavy atom. The molecule has 1 aliphatic rings. The van der Waals surface area contributed by atoms with Crippen LogP contribution in [0, 0.1) is 0 Å². The lowest BCUT2D eigenvalue weighted by Crippen LogP contribution is -2.42. The fourth-order valence-electron chi connectivity index (χ4n) is 3.60. The van der Waals surface area contributed by atoms with Crippen LogP contribution >= 0.6 is 0 Å². The summed E-state index contributed by atoms with van der Waals surface area (Å²) in [5.74, 6) is 0.741. The van der Waals surface area contributed by atoms with Crippen LogP contribution in [0.15, 0.2) is 65.5 Å². The largest absolute Gasteiger partial charge is 0.346 e. The number of rotatable bonds is 5. The number of nitrogens with zero attached hydrogens (tertiary/aromatic N) is 4. The van der Waals surface area contributed by atoms with Crippen LogP contribution in [0.5, 0.6) is 0 Å². The molecule has 1 aliphatic heterocycles. The molecule has 7 nitrogen and oxygen atoms in total. The fourth-order valence-corrected chi connectivity index (χ4v) is 3.60. The second kappa shape index (κ2) is 8.77. The van der Waals surface area contributed by atoms with Crippen LogP contribution in [0.25, 0.3) is 0 Å². The van der Waals surface area contributed by atoms with Crippen molar-refractivity contribution in [2.75, 3.05) is 19.6 Å². The van der Waals surface area contributed by atoms with E-state index in [-0.39, 0.29) is 11.7 Å². The van der Waals surface area contributed by atoms with E-state index in [4.69, 9.17) is 0 Å². The summed E-state index contributed by atoms with van der Waals surface area (Å²) >= 11 is 0. The van der Waals surface area contributed by atoms with Crippen molar-refractivity contribution < 1.29 is 4.79 Å². The van der Waals surface area contributed by atoms with Crippen molar-refractivity contribution >= 4 is 6.03 Å².